The van der Waals surface area contributed by atoms with E-state index in [-0.39, 0.29) is 5.41 Å². The zero-order chi connectivity index (χ0) is 36.5. The van der Waals surface area contributed by atoms with E-state index in [0.717, 1.165) is 0 Å². The van der Waals surface area contributed by atoms with E-state index in [9.17, 15) is 0 Å². The molecule has 0 heterocycles. The summed E-state index contributed by atoms with van der Waals surface area (Å²) >= 11 is 0. The van der Waals surface area contributed by atoms with Crippen LogP contribution >= 0.6 is 0 Å². The molecule has 6 rings (SSSR count). The number of fused-ring (bicyclic) bond motifs is 3. The molecule has 52 heavy (non-hydrogen) atoms. The minimum atomic E-state index is 0.0906. The minimum Gasteiger partial charge on any atom is -0.310 e. The summed E-state index contributed by atoms with van der Waals surface area (Å²) in [5.74, 6) is 0. The van der Waals surface area contributed by atoms with Crippen molar-refractivity contribution in [1.82, 2.24) is 0 Å². The van der Waals surface area contributed by atoms with Crippen molar-refractivity contribution >= 4 is 17.1 Å². The fraction of sp³-hybridized carbons (Fsp3) is 0.412. The number of unbranched alkanes of at least 4 members (excludes halogenated alkanes) is 10. The van der Waals surface area contributed by atoms with Gasteiger partial charge in [-0.05, 0) is 116 Å². The monoisotopic (exact) mass is 689 g/mol. The Kier molecular flexibility index (Phi) is 12.8. The topological polar surface area (TPSA) is 3.24 Å². The van der Waals surface area contributed by atoms with Crippen LogP contribution in [0.2, 0.25) is 0 Å². The van der Waals surface area contributed by atoms with E-state index in [1.807, 2.05) is 0 Å². The quantitative estimate of drug-likeness (QED) is 0.0828. The van der Waals surface area contributed by atoms with E-state index in [4.69, 9.17) is 0 Å². The molecule has 0 N–H and O–H groups in total. The molecule has 1 aliphatic rings. The molecule has 0 saturated heterocycles. The van der Waals surface area contributed by atoms with Crippen molar-refractivity contribution in [2.24, 2.45) is 0 Å². The van der Waals surface area contributed by atoms with Crippen LogP contribution in [0.3, 0.4) is 0 Å². The smallest absolute Gasteiger partial charge is 0.0490 e. The summed E-state index contributed by atoms with van der Waals surface area (Å²) in [7, 11) is 0. The summed E-state index contributed by atoms with van der Waals surface area (Å²) in [6.45, 7) is 13.5. The van der Waals surface area contributed by atoms with Gasteiger partial charge >= 0.3 is 0 Å². The Labute approximate surface area is 316 Å². The molecule has 1 heteroatoms. The second kappa shape index (κ2) is 17.6. The first kappa shape index (κ1) is 37.7. The van der Waals surface area contributed by atoms with Crippen LogP contribution in [0.5, 0.6) is 0 Å². The summed E-state index contributed by atoms with van der Waals surface area (Å²) in [6, 6.07) is 39.8. The van der Waals surface area contributed by atoms with Gasteiger partial charge in [-0.1, -0.05) is 174 Å². The molecule has 1 aliphatic carbocycles. The van der Waals surface area contributed by atoms with Gasteiger partial charge in [-0.25, -0.2) is 0 Å². The Morgan fingerprint density at radius 3 is 1.48 bits per heavy atom. The average Bonchev–Trinajstić information content (AvgIpc) is 3.41. The maximum Gasteiger partial charge on any atom is 0.0490 e. The molecule has 0 atom stereocenters. The zero-order valence-electron chi connectivity index (χ0n) is 33.2. The number of aryl methyl sites for hydroxylation is 4. The third kappa shape index (κ3) is 8.41. The van der Waals surface area contributed by atoms with Crippen LogP contribution in [0.15, 0.2) is 103 Å². The Hall–Kier alpha value is -4.10. The highest BCUT2D eigenvalue weighted by molar-refractivity contribution is 5.85. The van der Waals surface area contributed by atoms with E-state index in [2.05, 4.69) is 150 Å². The molecule has 1 nitrogen and oxygen atoms in total. The predicted molar refractivity (Wildman–Crippen MR) is 228 cm³/mol. The highest BCUT2D eigenvalue weighted by atomic mass is 15.1. The molecule has 5 aromatic carbocycles. The van der Waals surface area contributed by atoms with Gasteiger partial charge in [0.15, 0.2) is 0 Å². The highest BCUT2D eigenvalue weighted by Crippen LogP contribution is 2.55. The SMILES string of the molecule is CCCCCCCCC1(CCCCCCCC)c2cc(C)ccc2-c2ccc(-c3ccc(N(c4ccc(C)cc4)c4ccc(C)cc4C)cc3)cc21. The van der Waals surface area contributed by atoms with Crippen molar-refractivity contribution in [3.63, 3.8) is 0 Å². The standard InChI is InChI=1S/C51H63N/c1-7-9-11-13-15-17-33-51(34-18-16-14-12-10-8-2)48-36-40(5)21-30-46(48)47-31-25-43(37-49(47)51)42-23-28-45(29-24-42)52(44-26-19-38(3)20-27-44)50-32-22-39(4)35-41(50)6/h19-32,35-37H,7-18,33-34H2,1-6H3. The van der Waals surface area contributed by atoms with Crippen molar-refractivity contribution in [1.29, 1.82) is 0 Å². The maximum absolute atomic E-state index is 2.59. The van der Waals surface area contributed by atoms with Gasteiger partial charge in [-0.15, -0.1) is 0 Å². The molecule has 0 amide bonds. The fourth-order valence-electron chi connectivity index (χ4n) is 8.85. The van der Waals surface area contributed by atoms with Crippen LogP contribution in [-0.2, 0) is 5.41 Å². The van der Waals surface area contributed by atoms with Crippen molar-refractivity contribution in [2.75, 3.05) is 4.90 Å². The lowest BCUT2D eigenvalue weighted by molar-refractivity contribution is 0.398. The first-order valence-corrected chi connectivity index (χ1v) is 20.6. The third-order valence-electron chi connectivity index (χ3n) is 11.8. The third-order valence-corrected chi connectivity index (χ3v) is 11.8. The van der Waals surface area contributed by atoms with Crippen molar-refractivity contribution in [3.05, 3.63) is 137 Å². The summed E-state index contributed by atoms with van der Waals surface area (Å²) in [4.78, 5) is 2.41. The van der Waals surface area contributed by atoms with E-state index in [1.165, 1.54) is 151 Å². The van der Waals surface area contributed by atoms with Gasteiger partial charge in [0.05, 0.1) is 0 Å². The van der Waals surface area contributed by atoms with Crippen LogP contribution in [0.1, 0.15) is 137 Å². The Morgan fingerprint density at radius 1 is 0.423 bits per heavy atom. The van der Waals surface area contributed by atoms with Gasteiger partial charge in [0.1, 0.15) is 0 Å². The molecule has 5 aromatic rings. The van der Waals surface area contributed by atoms with Crippen molar-refractivity contribution < 1.29 is 0 Å². The van der Waals surface area contributed by atoms with E-state index >= 15 is 0 Å². The maximum atomic E-state index is 2.59. The van der Waals surface area contributed by atoms with Crippen LogP contribution in [0.4, 0.5) is 17.1 Å². The number of anilines is 3. The molecule has 0 aromatic heterocycles. The number of nitrogens with zero attached hydrogens (tertiary/aromatic N) is 1. The van der Waals surface area contributed by atoms with Crippen molar-refractivity contribution in [3.8, 4) is 22.3 Å². The molecule has 0 bridgehead atoms. The molecule has 0 unspecified atom stereocenters. The minimum absolute atomic E-state index is 0.0906. The van der Waals surface area contributed by atoms with Crippen LogP contribution < -0.4 is 4.90 Å². The first-order valence-electron chi connectivity index (χ1n) is 20.6. The summed E-state index contributed by atoms with van der Waals surface area (Å²) in [6.07, 6.45) is 18.6. The second-order valence-corrected chi connectivity index (χ2v) is 15.9. The van der Waals surface area contributed by atoms with Crippen LogP contribution in [0, 0.1) is 27.7 Å². The lowest BCUT2D eigenvalue weighted by Crippen LogP contribution is -2.25. The predicted octanol–water partition coefficient (Wildman–Crippen LogP) is 15.8. The highest BCUT2D eigenvalue weighted by Gasteiger charge is 2.42. The average molecular weight is 690 g/mol. The van der Waals surface area contributed by atoms with Gasteiger partial charge in [0.2, 0.25) is 0 Å². The molecule has 0 spiro atoms. The lowest BCUT2D eigenvalue weighted by atomic mass is 9.70. The normalized spacial score (nSPS) is 12.9. The molecule has 272 valence electrons. The first-order chi connectivity index (χ1) is 25.3. The number of hydrogen-bond donors (Lipinski definition) is 0. The lowest BCUT2D eigenvalue weighted by Gasteiger charge is -2.33. The Bertz CT molecular complexity index is 1880. The number of hydrogen-bond acceptors (Lipinski definition) is 1. The van der Waals surface area contributed by atoms with E-state index in [1.54, 1.807) is 11.1 Å². The largest absolute Gasteiger partial charge is 0.310 e. The van der Waals surface area contributed by atoms with E-state index < -0.39 is 0 Å². The molecule has 0 radical (unpaired) electrons. The fourth-order valence-corrected chi connectivity index (χ4v) is 8.85. The van der Waals surface area contributed by atoms with Crippen molar-refractivity contribution in [2.45, 2.75) is 137 Å². The Balaban J connectivity index is 1.36. The van der Waals surface area contributed by atoms with E-state index in [0.29, 0.717) is 0 Å². The molecule has 0 fully saturated rings. The van der Waals surface area contributed by atoms with Crippen LogP contribution in [-0.4, -0.2) is 0 Å². The summed E-state index contributed by atoms with van der Waals surface area (Å²) < 4.78 is 0. The Morgan fingerprint density at radius 2 is 0.885 bits per heavy atom. The number of rotatable bonds is 18. The zero-order valence-corrected chi connectivity index (χ0v) is 33.2. The molecular formula is C51H63N. The van der Waals surface area contributed by atoms with Crippen LogP contribution in [0.25, 0.3) is 22.3 Å². The second-order valence-electron chi connectivity index (χ2n) is 15.9. The molecular weight excluding hydrogens is 627 g/mol. The molecule has 0 aliphatic heterocycles. The van der Waals surface area contributed by atoms with Gasteiger partial charge in [0.25, 0.3) is 0 Å². The van der Waals surface area contributed by atoms with Gasteiger partial charge in [0, 0.05) is 22.5 Å². The van der Waals surface area contributed by atoms with Gasteiger partial charge in [-0.2, -0.15) is 0 Å². The molecule has 0 saturated carbocycles. The van der Waals surface area contributed by atoms with Gasteiger partial charge in [-0.3, -0.25) is 0 Å². The summed E-state index contributed by atoms with van der Waals surface area (Å²) in [5.41, 5.74) is 17.7. The summed E-state index contributed by atoms with van der Waals surface area (Å²) in [5, 5.41) is 0. The number of benzene rings is 5. The van der Waals surface area contributed by atoms with Gasteiger partial charge < -0.3 is 4.90 Å².